The third-order valence-electron chi connectivity index (χ3n) is 2.46. The Balaban J connectivity index is 2.16. The van der Waals surface area contributed by atoms with Gasteiger partial charge in [-0.05, 0) is 24.1 Å². The fraction of sp³-hybridized carbons (Fsp3) is 0.167. The van der Waals surface area contributed by atoms with Gasteiger partial charge in [0.25, 0.3) is 0 Å². The minimum atomic E-state index is -0.144. The van der Waals surface area contributed by atoms with Gasteiger partial charge in [-0.1, -0.05) is 33.6 Å². The molecule has 0 saturated carbocycles. The number of nitrogens with two attached hydrogens (primary N) is 1. The maximum atomic E-state index is 6.14. The molecule has 1 heterocycles. The first-order chi connectivity index (χ1) is 8.16. The number of aromatic nitrogens is 2. The van der Waals surface area contributed by atoms with Crippen LogP contribution < -0.4 is 5.73 Å². The first-order valence-corrected chi connectivity index (χ1v) is 6.28. The van der Waals surface area contributed by atoms with Crippen molar-refractivity contribution in [3.05, 3.63) is 57.5 Å². The molecule has 2 aromatic rings. The Bertz CT molecular complexity index is 504. The van der Waals surface area contributed by atoms with Crippen molar-refractivity contribution in [3.8, 4) is 0 Å². The van der Waals surface area contributed by atoms with Crippen LogP contribution in [0.3, 0.4) is 0 Å². The molecule has 2 N–H and O–H groups in total. The summed E-state index contributed by atoms with van der Waals surface area (Å²) in [7, 11) is 0. The molecule has 0 fully saturated rings. The predicted molar refractivity (Wildman–Crippen MR) is 71.8 cm³/mol. The zero-order valence-electron chi connectivity index (χ0n) is 8.98. The lowest BCUT2D eigenvalue weighted by atomic mass is 10.0. The van der Waals surface area contributed by atoms with Gasteiger partial charge in [-0.15, -0.1) is 0 Å². The van der Waals surface area contributed by atoms with Crippen LogP contribution in [0.25, 0.3) is 0 Å². The molecule has 0 aliphatic rings. The standard InChI is InChI=1S/C12H11BrClN3/c13-10-2-1-8(11(14)4-10)3-12(15)9-5-16-7-17-6-9/h1-2,4-7,12H,3,15H2. The van der Waals surface area contributed by atoms with Gasteiger partial charge in [0.15, 0.2) is 0 Å². The van der Waals surface area contributed by atoms with Crippen LogP contribution in [0, 0.1) is 0 Å². The first kappa shape index (κ1) is 12.5. The highest BCUT2D eigenvalue weighted by molar-refractivity contribution is 9.10. The summed E-state index contributed by atoms with van der Waals surface area (Å²) in [5, 5.41) is 0.715. The van der Waals surface area contributed by atoms with Crippen LogP contribution in [-0.2, 0) is 6.42 Å². The van der Waals surface area contributed by atoms with Gasteiger partial charge < -0.3 is 5.73 Å². The summed E-state index contributed by atoms with van der Waals surface area (Å²) in [6, 6.07) is 5.64. The third kappa shape index (κ3) is 3.25. The highest BCUT2D eigenvalue weighted by Gasteiger charge is 2.10. The van der Waals surface area contributed by atoms with E-state index in [-0.39, 0.29) is 6.04 Å². The fourth-order valence-corrected chi connectivity index (χ4v) is 2.29. The van der Waals surface area contributed by atoms with Gasteiger partial charge in [0, 0.05) is 33.5 Å². The Hall–Kier alpha value is -0.970. The average Bonchev–Trinajstić information content (AvgIpc) is 2.34. The topological polar surface area (TPSA) is 51.8 Å². The molecular weight excluding hydrogens is 302 g/mol. The molecule has 0 aliphatic heterocycles. The lowest BCUT2D eigenvalue weighted by Gasteiger charge is -2.12. The monoisotopic (exact) mass is 311 g/mol. The van der Waals surface area contributed by atoms with E-state index in [4.69, 9.17) is 17.3 Å². The smallest absolute Gasteiger partial charge is 0.115 e. The second-order valence-electron chi connectivity index (χ2n) is 3.72. The molecule has 0 spiro atoms. The zero-order chi connectivity index (χ0) is 12.3. The Morgan fingerprint density at radius 3 is 2.65 bits per heavy atom. The van der Waals surface area contributed by atoms with E-state index in [0.717, 1.165) is 15.6 Å². The normalized spacial score (nSPS) is 12.4. The van der Waals surface area contributed by atoms with Gasteiger partial charge in [0.2, 0.25) is 0 Å². The highest BCUT2D eigenvalue weighted by atomic mass is 79.9. The number of hydrogen-bond acceptors (Lipinski definition) is 3. The molecule has 1 aromatic heterocycles. The molecule has 2 rings (SSSR count). The second kappa shape index (κ2) is 5.58. The minimum absolute atomic E-state index is 0.144. The number of benzene rings is 1. The van der Waals surface area contributed by atoms with Crippen molar-refractivity contribution in [2.24, 2.45) is 5.73 Å². The van der Waals surface area contributed by atoms with E-state index in [0.29, 0.717) is 11.4 Å². The number of hydrogen-bond donors (Lipinski definition) is 1. The Morgan fingerprint density at radius 1 is 1.29 bits per heavy atom. The van der Waals surface area contributed by atoms with E-state index in [9.17, 15) is 0 Å². The van der Waals surface area contributed by atoms with Gasteiger partial charge in [-0.3, -0.25) is 0 Å². The summed E-state index contributed by atoms with van der Waals surface area (Å²) in [5.41, 5.74) is 8.01. The molecule has 17 heavy (non-hydrogen) atoms. The molecule has 0 bridgehead atoms. The van der Waals surface area contributed by atoms with Crippen molar-refractivity contribution in [1.29, 1.82) is 0 Å². The van der Waals surface area contributed by atoms with Gasteiger partial charge in [-0.2, -0.15) is 0 Å². The third-order valence-corrected chi connectivity index (χ3v) is 3.31. The summed E-state index contributed by atoms with van der Waals surface area (Å²) >= 11 is 9.52. The molecular formula is C12H11BrClN3. The predicted octanol–water partition coefficient (Wildman–Crippen LogP) is 3.14. The lowest BCUT2D eigenvalue weighted by Crippen LogP contribution is -2.14. The van der Waals surface area contributed by atoms with Gasteiger partial charge in [-0.25, -0.2) is 9.97 Å². The van der Waals surface area contributed by atoms with E-state index in [1.165, 1.54) is 6.33 Å². The van der Waals surface area contributed by atoms with Crippen LogP contribution in [0.4, 0.5) is 0 Å². The Kier molecular flexibility index (Phi) is 4.10. The van der Waals surface area contributed by atoms with Crippen LogP contribution in [-0.4, -0.2) is 9.97 Å². The number of rotatable bonds is 3. The van der Waals surface area contributed by atoms with E-state index in [2.05, 4.69) is 25.9 Å². The molecule has 3 nitrogen and oxygen atoms in total. The zero-order valence-corrected chi connectivity index (χ0v) is 11.3. The molecule has 0 aliphatic carbocycles. The van der Waals surface area contributed by atoms with E-state index >= 15 is 0 Å². The van der Waals surface area contributed by atoms with Crippen LogP contribution in [0.15, 0.2) is 41.4 Å². The minimum Gasteiger partial charge on any atom is -0.324 e. The summed E-state index contributed by atoms with van der Waals surface area (Å²) in [5.74, 6) is 0. The molecule has 5 heteroatoms. The van der Waals surface area contributed by atoms with Crippen molar-refractivity contribution in [2.45, 2.75) is 12.5 Å². The lowest BCUT2D eigenvalue weighted by molar-refractivity contribution is 0.713. The average molecular weight is 313 g/mol. The maximum Gasteiger partial charge on any atom is 0.115 e. The molecule has 1 unspecified atom stereocenters. The number of halogens is 2. The van der Waals surface area contributed by atoms with Crippen molar-refractivity contribution >= 4 is 27.5 Å². The Labute approximate surface area is 113 Å². The second-order valence-corrected chi connectivity index (χ2v) is 5.04. The van der Waals surface area contributed by atoms with E-state index < -0.39 is 0 Å². The summed E-state index contributed by atoms with van der Waals surface area (Å²) in [4.78, 5) is 7.90. The van der Waals surface area contributed by atoms with Crippen molar-refractivity contribution in [3.63, 3.8) is 0 Å². The van der Waals surface area contributed by atoms with Gasteiger partial charge >= 0.3 is 0 Å². The fourth-order valence-electron chi connectivity index (χ4n) is 1.54. The Morgan fingerprint density at radius 2 is 2.00 bits per heavy atom. The SMILES string of the molecule is NC(Cc1ccc(Br)cc1Cl)c1cncnc1. The highest BCUT2D eigenvalue weighted by Crippen LogP contribution is 2.24. The van der Waals surface area contributed by atoms with Crippen molar-refractivity contribution < 1.29 is 0 Å². The first-order valence-electron chi connectivity index (χ1n) is 5.11. The van der Waals surface area contributed by atoms with Crippen LogP contribution >= 0.6 is 27.5 Å². The van der Waals surface area contributed by atoms with Gasteiger partial charge in [0.1, 0.15) is 6.33 Å². The molecule has 1 atom stereocenters. The molecule has 0 amide bonds. The van der Waals surface area contributed by atoms with E-state index in [1.54, 1.807) is 12.4 Å². The van der Waals surface area contributed by atoms with Crippen molar-refractivity contribution in [2.75, 3.05) is 0 Å². The summed E-state index contributed by atoms with van der Waals surface area (Å²) in [6.45, 7) is 0. The van der Waals surface area contributed by atoms with E-state index in [1.807, 2.05) is 18.2 Å². The molecule has 0 radical (unpaired) electrons. The quantitative estimate of drug-likeness (QED) is 0.947. The number of nitrogens with zero attached hydrogens (tertiary/aromatic N) is 2. The summed E-state index contributed by atoms with van der Waals surface area (Å²) < 4.78 is 0.961. The molecule has 88 valence electrons. The van der Waals surface area contributed by atoms with Crippen LogP contribution in [0.2, 0.25) is 5.02 Å². The van der Waals surface area contributed by atoms with Crippen molar-refractivity contribution in [1.82, 2.24) is 9.97 Å². The largest absolute Gasteiger partial charge is 0.324 e. The van der Waals surface area contributed by atoms with Crippen LogP contribution in [0.1, 0.15) is 17.2 Å². The van der Waals surface area contributed by atoms with Crippen LogP contribution in [0.5, 0.6) is 0 Å². The maximum absolute atomic E-state index is 6.14. The molecule has 0 saturated heterocycles. The molecule has 1 aromatic carbocycles. The summed E-state index contributed by atoms with van der Waals surface area (Å²) in [6.07, 6.45) is 5.61. The van der Waals surface area contributed by atoms with Gasteiger partial charge in [0.05, 0.1) is 0 Å².